The molecule has 224 valence electrons. The molecule has 12 nitrogen and oxygen atoms in total. The molecule has 0 radical (unpaired) electrons. The van der Waals surface area contributed by atoms with Crippen LogP contribution in [-0.4, -0.2) is 68.0 Å². The van der Waals surface area contributed by atoms with Crippen LogP contribution < -0.4 is 21.7 Å². The molecule has 0 saturated heterocycles. The number of benzene rings is 2. The number of rotatable bonds is 15. The van der Waals surface area contributed by atoms with E-state index in [2.05, 4.69) is 25.9 Å². The normalized spacial score (nSPS) is 13.9. The topological polar surface area (TPSA) is 200 Å². The third-order valence-corrected chi connectivity index (χ3v) is 6.58. The Kier molecular flexibility index (Phi) is 11.6. The summed E-state index contributed by atoms with van der Waals surface area (Å²) in [4.78, 5) is 58.6. The zero-order valence-electron chi connectivity index (χ0n) is 23.6. The quantitative estimate of drug-likeness (QED) is 0.139. The molecule has 8 N–H and O–H groups in total. The standard InChI is InChI=1S/C30H38N6O6/c1-18(2)12-26(30(41)42)36-29(40)25(15-21-16-32-17-33-21)35-28(39)24(14-20-8-10-22(37)11-9-20)34-27(38)23(31)13-19-6-4-3-5-7-19/h3-11,16-18,23-26,37H,12-15,31H2,1-2H3,(H,32,33)(H,34,38)(H,35,39)(H,36,40)(H,41,42). The number of carbonyl (C=O) groups excluding carboxylic acids is 3. The van der Waals surface area contributed by atoms with Crippen molar-refractivity contribution in [2.24, 2.45) is 11.7 Å². The second kappa shape index (κ2) is 15.3. The maximum absolute atomic E-state index is 13.6. The summed E-state index contributed by atoms with van der Waals surface area (Å²) in [5.41, 5.74) is 8.20. The first-order chi connectivity index (χ1) is 20.0. The van der Waals surface area contributed by atoms with Gasteiger partial charge in [0.2, 0.25) is 17.7 Å². The summed E-state index contributed by atoms with van der Waals surface area (Å²) in [6.07, 6.45) is 3.40. The van der Waals surface area contributed by atoms with E-state index >= 15 is 0 Å². The van der Waals surface area contributed by atoms with Crippen LogP contribution in [0.15, 0.2) is 67.1 Å². The number of aromatic nitrogens is 2. The molecule has 2 aromatic carbocycles. The van der Waals surface area contributed by atoms with Crippen LogP contribution >= 0.6 is 0 Å². The number of aromatic amines is 1. The van der Waals surface area contributed by atoms with Crippen molar-refractivity contribution in [2.75, 3.05) is 0 Å². The lowest BCUT2D eigenvalue weighted by Crippen LogP contribution is -2.58. The number of nitrogens with two attached hydrogens (primary N) is 1. The van der Waals surface area contributed by atoms with Gasteiger partial charge in [0.05, 0.1) is 12.4 Å². The molecule has 4 unspecified atom stereocenters. The zero-order chi connectivity index (χ0) is 30.6. The highest BCUT2D eigenvalue weighted by Crippen LogP contribution is 2.13. The van der Waals surface area contributed by atoms with Gasteiger partial charge in [0.25, 0.3) is 0 Å². The van der Waals surface area contributed by atoms with Crippen molar-refractivity contribution in [3.05, 3.63) is 83.9 Å². The van der Waals surface area contributed by atoms with Crippen LogP contribution in [0, 0.1) is 5.92 Å². The number of carboxylic acids is 1. The molecule has 3 rings (SSSR count). The first kappa shape index (κ1) is 31.8. The fourth-order valence-electron chi connectivity index (χ4n) is 4.38. The average Bonchev–Trinajstić information content (AvgIpc) is 3.46. The second-order valence-electron chi connectivity index (χ2n) is 10.6. The van der Waals surface area contributed by atoms with Gasteiger partial charge in [-0.25, -0.2) is 9.78 Å². The van der Waals surface area contributed by atoms with Crippen LogP contribution in [0.5, 0.6) is 5.75 Å². The molecule has 3 aromatic rings. The fraction of sp³-hybridized carbons (Fsp3) is 0.367. The van der Waals surface area contributed by atoms with Gasteiger partial charge in [0.1, 0.15) is 23.9 Å². The number of nitrogens with one attached hydrogen (secondary N) is 4. The van der Waals surface area contributed by atoms with Gasteiger partial charge in [0, 0.05) is 24.7 Å². The molecular formula is C30H38N6O6. The number of nitrogens with zero attached hydrogens (tertiary/aromatic N) is 1. The maximum Gasteiger partial charge on any atom is 0.326 e. The number of amides is 3. The van der Waals surface area contributed by atoms with E-state index in [1.165, 1.54) is 24.7 Å². The number of H-pyrrole nitrogens is 1. The summed E-state index contributed by atoms with van der Waals surface area (Å²) >= 11 is 0. The zero-order valence-corrected chi connectivity index (χ0v) is 23.6. The lowest BCUT2D eigenvalue weighted by atomic mass is 10.0. The van der Waals surface area contributed by atoms with Crippen molar-refractivity contribution in [1.82, 2.24) is 25.9 Å². The number of aromatic hydroxyl groups is 1. The molecule has 0 spiro atoms. The Hall–Kier alpha value is -4.71. The average molecular weight is 579 g/mol. The van der Waals surface area contributed by atoms with Crippen molar-refractivity contribution in [3.63, 3.8) is 0 Å². The molecule has 0 aliphatic carbocycles. The molecule has 4 atom stereocenters. The highest BCUT2D eigenvalue weighted by atomic mass is 16.4. The molecule has 0 saturated carbocycles. The maximum atomic E-state index is 13.6. The number of phenols is 1. The van der Waals surface area contributed by atoms with Gasteiger partial charge >= 0.3 is 5.97 Å². The van der Waals surface area contributed by atoms with Gasteiger partial charge in [-0.2, -0.15) is 0 Å². The summed E-state index contributed by atoms with van der Waals surface area (Å²) in [6, 6.07) is 11.0. The van der Waals surface area contributed by atoms with Gasteiger partial charge in [-0.1, -0.05) is 56.3 Å². The van der Waals surface area contributed by atoms with Gasteiger partial charge in [-0.3, -0.25) is 14.4 Å². The summed E-state index contributed by atoms with van der Waals surface area (Å²) < 4.78 is 0. The molecule has 12 heteroatoms. The molecular weight excluding hydrogens is 540 g/mol. The van der Waals surface area contributed by atoms with E-state index in [1.807, 2.05) is 44.2 Å². The molecule has 1 heterocycles. The Morgan fingerprint density at radius 3 is 1.95 bits per heavy atom. The van der Waals surface area contributed by atoms with Crippen LogP contribution in [0.4, 0.5) is 0 Å². The van der Waals surface area contributed by atoms with E-state index in [0.717, 1.165) is 5.56 Å². The molecule has 0 aliphatic rings. The molecule has 0 bridgehead atoms. The smallest absolute Gasteiger partial charge is 0.326 e. The van der Waals surface area contributed by atoms with Crippen molar-refractivity contribution in [3.8, 4) is 5.75 Å². The minimum atomic E-state index is -1.19. The van der Waals surface area contributed by atoms with Crippen molar-refractivity contribution in [2.45, 2.75) is 63.7 Å². The van der Waals surface area contributed by atoms with E-state index in [-0.39, 0.29) is 37.4 Å². The largest absolute Gasteiger partial charge is 0.508 e. The number of imidazole rings is 1. The molecule has 3 amide bonds. The third-order valence-electron chi connectivity index (χ3n) is 6.58. The van der Waals surface area contributed by atoms with Crippen LogP contribution in [0.3, 0.4) is 0 Å². The first-order valence-corrected chi connectivity index (χ1v) is 13.7. The Morgan fingerprint density at radius 1 is 0.810 bits per heavy atom. The highest BCUT2D eigenvalue weighted by Gasteiger charge is 2.31. The van der Waals surface area contributed by atoms with E-state index in [0.29, 0.717) is 11.3 Å². The summed E-state index contributed by atoms with van der Waals surface area (Å²) in [5.74, 6) is -3.07. The van der Waals surface area contributed by atoms with E-state index < -0.39 is 47.9 Å². The lowest BCUT2D eigenvalue weighted by molar-refractivity contribution is -0.142. The van der Waals surface area contributed by atoms with Crippen LogP contribution in [0.1, 0.15) is 37.1 Å². The Bertz CT molecular complexity index is 1310. The monoisotopic (exact) mass is 578 g/mol. The van der Waals surface area contributed by atoms with Crippen molar-refractivity contribution < 1.29 is 29.4 Å². The molecule has 42 heavy (non-hydrogen) atoms. The second-order valence-corrected chi connectivity index (χ2v) is 10.6. The number of aliphatic carboxylic acids is 1. The van der Waals surface area contributed by atoms with E-state index in [1.54, 1.807) is 12.1 Å². The molecule has 0 fully saturated rings. The SMILES string of the molecule is CC(C)CC(NC(=O)C(Cc1cnc[nH]1)NC(=O)C(Cc1ccc(O)cc1)NC(=O)C(N)Cc1ccccc1)C(=O)O. The van der Waals surface area contributed by atoms with Crippen molar-refractivity contribution >= 4 is 23.7 Å². The Labute approximate surface area is 244 Å². The van der Waals surface area contributed by atoms with Crippen LogP contribution in [0.2, 0.25) is 0 Å². The first-order valence-electron chi connectivity index (χ1n) is 13.7. The predicted molar refractivity (Wildman–Crippen MR) is 155 cm³/mol. The molecule has 1 aromatic heterocycles. The van der Waals surface area contributed by atoms with Gasteiger partial charge in [0.15, 0.2) is 0 Å². The number of carboxylic acid groups (broad SMARTS) is 1. The minimum Gasteiger partial charge on any atom is -0.508 e. The summed E-state index contributed by atoms with van der Waals surface area (Å²) in [6.45, 7) is 3.68. The minimum absolute atomic E-state index is 0.00100. The third kappa shape index (κ3) is 10.0. The number of hydrogen-bond acceptors (Lipinski definition) is 7. The van der Waals surface area contributed by atoms with E-state index in [9.17, 15) is 29.4 Å². The highest BCUT2D eigenvalue weighted by molar-refractivity contribution is 5.94. The van der Waals surface area contributed by atoms with Crippen molar-refractivity contribution in [1.29, 1.82) is 0 Å². The summed E-state index contributed by atoms with van der Waals surface area (Å²) in [7, 11) is 0. The summed E-state index contributed by atoms with van der Waals surface area (Å²) in [5, 5.41) is 27.2. The van der Waals surface area contributed by atoms with Crippen LogP contribution in [0.25, 0.3) is 0 Å². The van der Waals surface area contributed by atoms with Gasteiger partial charge < -0.3 is 36.9 Å². The fourth-order valence-corrected chi connectivity index (χ4v) is 4.38. The lowest BCUT2D eigenvalue weighted by Gasteiger charge is -2.25. The number of hydrogen-bond donors (Lipinski definition) is 7. The Morgan fingerprint density at radius 2 is 1.38 bits per heavy atom. The number of phenolic OH excluding ortho intramolecular Hbond substituents is 1. The van der Waals surface area contributed by atoms with Gasteiger partial charge in [-0.15, -0.1) is 0 Å². The van der Waals surface area contributed by atoms with Crippen LogP contribution in [-0.2, 0) is 38.4 Å². The predicted octanol–water partition coefficient (Wildman–Crippen LogP) is 1.06. The Balaban J connectivity index is 1.81. The molecule has 0 aliphatic heterocycles. The van der Waals surface area contributed by atoms with Gasteiger partial charge in [-0.05, 0) is 42.0 Å². The number of carbonyl (C=O) groups is 4. The van der Waals surface area contributed by atoms with E-state index in [4.69, 9.17) is 5.73 Å².